The fourth-order valence-corrected chi connectivity index (χ4v) is 6.23. The van der Waals surface area contributed by atoms with E-state index < -0.39 is 10.0 Å². The monoisotopic (exact) mass is 526 g/mol. The van der Waals surface area contributed by atoms with Crippen LogP contribution in [0.4, 0.5) is 5.69 Å². The standard InChI is InChI=1S/C28H31ClN2O4S/c1-5-28(6-2)17-24(21-11-7-8-13-25(21)35-28)30-27(32)20-14-15-22(29)26(16-20)36(33,34)31-23-12-9-10-18(3)19(23)4/h7-16,24,31H,5-6,17H2,1-4H3,(H,30,32)/t24-/m0/s1. The van der Waals surface area contributed by atoms with Gasteiger partial charge >= 0.3 is 0 Å². The highest BCUT2D eigenvalue weighted by atomic mass is 35.5. The number of hydrogen-bond acceptors (Lipinski definition) is 4. The van der Waals surface area contributed by atoms with Crippen molar-refractivity contribution >= 4 is 33.2 Å². The van der Waals surface area contributed by atoms with Crippen LogP contribution in [0.1, 0.15) is 66.2 Å². The van der Waals surface area contributed by atoms with Crippen LogP contribution in [0.15, 0.2) is 65.6 Å². The maximum atomic E-state index is 13.3. The molecular formula is C28H31ClN2O4S. The van der Waals surface area contributed by atoms with Crippen molar-refractivity contribution in [2.45, 2.75) is 63.5 Å². The van der Waals surface area contributed by atoms with Gasteiger partial charge in [-0.3, -0.25) is 9.52 Å². The van der Waals surface area contributed by atoms with Gasteiger partial charge in [0.15, 0.2) is 0 Å². The van der Waals surface area contributed by atoms with E-state index in [0.717, 1.165) is 35.3 Å². The van der Waals surface area contributed by atoms with E-state index in [9.17, 15) is 13.2 Å². The number of anilines is 1. The average molecular weight is 527 g/mol. The molecule has 3 aromatic rings. The molecule has 0 unspecified atom stereocenters. The van der Waals surface area contributed by atoms with Gasteiger partial charge in [-0.1, -0.05) is 55.8 Å². The smallest absolute Gasteiger partial charge is 0.263 e. The van der Waals surface area contributed by atoms with Gasteiger partial charge in [-0.05, 0) is 68.1 Å². The van der Waals surface area contributed by atoms with Gasteiger partial charge in [0.2, 0.25) is 0 Å². The Bertz CT molecular complexity index is 1400. The molecular weight excluding hydrogens is 496 g/mol. The molecule has 0 fully saturated rings. The number of aryl methyl sites for hydroxylation is 1. The molecule has 3 aromatic carbocycles. The third-order valence-corrected chi connectivity index (χ3v) is 8.97. The summed E-state index contributed by atoms with van der Waals surface area (Å²) in [6.45, 7) is 7.91. The molecule has 8 heteroatoms. The quantitative estimate of drug-likeness (QED) is 0.364. The summed E-state index contributed by atoms with van der Waals surface area (Å²) >= 11 is 6.29. The van der Waals surface area contributed by atoms with Crippen molar-refractivity contribution in [1.29, 1.82) is 0 Å². The number of para-hydroxylation sites is 1. The van der Waals surface area contributed by atoms with Crippen LogP contribution in [0.5, 0.6) is 5.75 Å². The zero-order valence-corrected chi connectivity index (χ0v) is 22.5. The Hall–Kier alpha value is -3.03. The fraction of sp³-hybridized carbons (Fsp3) is 0.321. The van der Waals surface area contributed by atoms with Crippen molar-refractivity contribution in [2.24, 2.45) is 0 Å². The first-order chi connectivity index (χ1) is 17.1. The fourth-order valence-electron chi connectivity index (χ4n) is 4.58. The lowest BCUT2D eigenvalue weighted by molar-refractivity contribution is 0.0227. The van der Waals surface area contributed by atoms with E-state index in [4.69, 9.17) is 16.3 Å². The number of amides is 1. The van der Waals surface area contributed by atoms with Crippen molar-refractivity contribution in [2.75, 3.05) is 4.72 Å². The molecule has 0 aromatic heterocycles. The number of rotatable bonds is 7. The second kappa shape index (κ2) is 10.1. The Morgan fingerprint density at radius 2 is 1.78 bits per heavy atom. The van der Waals surface area contributed by atoms with Crippen LogP contribution in [-0.4, -0.2) is 19.9 Å². The highest BCUT2D eigenvalue weighted by Crippen LogP contribution is 2.42. The Morgan fingerprint density at radius 3 is 2.50 bits per heavy atom. The lowest BCUT2D eigenvalue weighted by atomic mass is 9.83. The lowest BCUT2D eigenvalue weighted by Gasteiger charge is -2.41. The van der Waals surface area contributed by atoms with Gasteiger partial charge < -0.3 is 10.1 Å². The SMILES string of the molecule is CCC1(CC)C[C@H](NC(=O)c2ccc(Cl)c(S(=O)(=O)Nc3cccc(C)c3C)c2)c2ccccc2O1. The minimum Gasteiger partial charge on any atom is -0.487 e. The molecule has 0 spiro atoms. The minimum absolute atomic E-state index is 0.0387. The molecule has 0 aliphatic carbocycles. The molecule has 0 bridgehead atoms. The second-order valence-corrected chi connectivity index (χ2v) is 11.3. The van der Waals surface area contributed by atoms with E-state index in [-0.39, 0.29) is 33.0 Å². The number of sulfonamides is 1. The van der Waals surface area contributed by atoms with Crippen molar-refractivity contribution < 1.29 is 17.9 Å². The highest BCUT2D eigenvalue weighted by molar-refractivity contribution is 7.92. The number of carbonyl (C=O) groups is 1. The first-order valence-corrected chi connectivity index (χ1v) is 13.9. The van der Waals surface area contributed by atoms with Gasteiger partial charge in [-0.25, -0.2) is 8.42 Å². The maximum absolute atomic E-state index is 13.3. The molecule has 4 rings (SSSR count). The normalized spacial score (nSPS) is 16.5. The summed E-state index contributed by atoms with van der Waals surface area (Å²) in [6, 6.07) is 17.1. The number of halogens is 1. The van der Waals surface area contributed by atoms with E-state index in [1.165, 1.54) is 18.2 Å². The molecule has 0 saturated carbocycles. The third kappa shape index (κ3) is 5.08. The summed E-state index contributed by atoms with van der Waals surface area (Å²) in [5.41, 5.74) is 2.98. The molecule has 0 radical (unpaired) electrons. The number of benzene rings is 3. The summed E-state index contributed by atoms with van der Waals surface area (Å²) in [5.74, 6) is 0.382. The zero-order valence-electron chi connectivity index (χ0n) is 20.9. The molecule has 0 saturated heterocycles. The largest absolute Gasteiger partial charge is 0.487 e. The number of carbonyl (C=O) groups excluding carboxylic acids is 1. The van der Waals surface area contributed by atoms with Gasteiger partial charge in [0.25, 0.3) is 15.9 Å². The molecule has 2 N–H and O–H groups in total. The van der Waals surface area contributed by atoms with E-state index in [0.29, 0.717) is 12.1 Å². The Balaban J connectivity index is 1.63. The Labute approximate surface area is 218 Å². The number of fused-ring (bicyclic) bond motifs is 1. The molecule has 36 heavy (non-hydrogen) atoms. The molecule has 190 valence electrons. The number of ether oxygens (including phenoxy) is 1. The molecule has 1 atom stereocenters. The van der Waals surface area contributed by atoms with Crippen LogP contribution < -0.4 is 14.8 Å². The van der Waals surface area contributed by atoms with E-state index in [2.05, 4.69) is 23.9 Å². The van der Waals surface area contributed by atoms with Crippen LogP contribution in [0.3, 0.4) is 0 Å². The second-order valence-electron chi connectivity index (χ2n) is 9.26. The summed E-state index contributed by atoms with van der Waals surface area (Å²) in [7, 11) is -4.03. The zero-order chi connectivity index (χ0) is 26.1. The maximum Gasteiger partial charge on any atom is 0.263 e. The minimum atomic E-state index is -4.03. The predicted octanol–water partition coefficient (Wildman–Crippen LogP) is 6.57. The van der Waals surface area contributed by atoms with Crippen LogP contribution in [-0.2, 0) is 10.0 Å². The predicted molar refractivity (Wildman–Crippen MR) is 143 cm³/mol. The van der Waals surface area contributed by atoms with Gasteiger partial charge in [0, 0.05) is 17.5 Å². The van der Waals surface area contributed by atoms with Crippen LogP contribution in [0, 0.1) is 13.8 Å². The summed E-state index contributed by atoms with van der Waals surface area (Å²) < 4.78 is 35.4. The van der Waals surface area contributed by atoms with Gasteiger partial charge in [0.1, 0.15) is 16.2 Å². The Morgan fingerprint density at radius 1 is 1.06 bits per heavy atom. The van der Waals surface area contributed by atoms with Crippen molar-refractivity contribution in [3.05, 3.63) is 87.9 Å². The van der Waals surface area contributed by atoms with Gasteiger partial charge in [-0.2, -0.15) is 0 Å². The average Bonchev–Trinajstić information content (AvgIpc) is 2.86. The molecule has 1 heterocycles. The molecule has 1 aliphatic rings. The molecule has 1 aliphatic heterocycles. The summed E-state index contributed by atoms with van der Waals surface area (Å²) in [4.78, 5) is 13.2. The number of nitrogens with one attached hydrogen (secondary N) is 2. The summed E-state index contributed by atoms with van der Waals surface area (Å²) in [6.07, 6.45) is 2.23. The van der Waals surface area contributed by atoms with Gasteiger partial charge in [-0.15, -0.1) is 0 Å². The van der Waals surface area contributed by atoms with Crippen molar-refractivity contribution in [1.82, 2.24) is 5.32 Å². The Kier molecular flexibility index (Phi) is 7.34. The van der Waals surface area contributed by atoms with E-state index in [1.807, 2.05) is 44.2 Å². The highest BCUT2D eigenvalue weighted by Gasteiger charge is 2.39. The van der Waals surface area contributed by atoms with E-state index in [1.54, 1.807) is 12.1 Å². The van der Waals surface area contributed by atoms with Crippen LogP contribution >= 0.6 is 11.6 Å². The van der Waals surface area contributed by atoms with Crippen LogP contribution in [0.2, 0.25) is 5.02 Å². The first-order valence-electron chi connectivity index (χ1n) is 12.1. The first kappa shape index (κ1) is 26.0. The van der Waals surface area contributed by atoms with Gasteiger partial charge in [0.05, 0.1) is 16.8 Å². The molecule has 6 nitrogen and oxygen atoms in total. The molecule has 1 amide bonds. The third-order valence-electron chi connectivity index (χ3n) is 7.12. The topological polar surface area (TPSA) is 84.5 Å². The summed E-state index contributed by atoms with van der Waals surface area (Å²) in [5, 5.41) is 3.14. The van der Waals surface area contributed by atoms with Crippen LogP contribution in [0.25, 0.3) is 0 Å². The van der Waals surface area contributed by atoms with E-state index >= 15 is 0 Å². The number of hydrogen-bond donors (Lipinski definition) is 2. The van der Waals surface area contributed by atoms with Crippen molar-refractivity contribution in [3.63, 3.8) is 0 Å². The lowest BCUT2D eigenvalue weighted by Crippen LogP contribution is -2.44. The van der Waals surface area contributed by atoms with Crippen molar-refractivity contribution in [3.8, 4) is 5.75 Å².